The lowest BCUT2D eigenvalue weighted by Gasteiger charge is -2.33. The molecule has 25 heavy (non-hydrogen) atoms. The van der Waals surface area contributed by atoms with E-state index in [-0.39, 0.29) is 6.03 Å². The standard InChI is InChI=1S/C18H29N5O2/c1-14(2)20-15-5-7-23(8-6-15)18(24)21-16-3-4-17(19-13-16)22-9-11-25-12-10-22/h3-4,13-15,20H,5-12H2,1-2H3,(H,21,24). The first-order valence-electron chi connectivity index (χ1n) is 9.22. The lowest BCUT2D eigenvalue weighted by atomic mass is 10.0. The van der Waals surface area contributed by atoms with Crippen LogP contribution in [-0.4, -0.2) is 67.4 Å². The van der Waals surface area contributed by atoms with Crippen LogP contribution in [0.25, 0.3) is 0 Å². The first-order chi connectivity index (χ1) is 12.1. The molecule has 0 unspecified atom stereocenters. The second-order valence-electron chi connectivity index (χ2n) is 7.02. The molecular formula is C18H29N5O2. The van der Waals surface area contributed by atoms with Crippen LogP contribution in [0.3, 0.4) is 0 Å². The molecule has 2 aliphatic rings. The zero-order chi connectivity index (χ0) is 17.6. The first kappa shape index (κ1) is 17.9. The number of piperidine rings is 1. The lowest BCUT2D eigenvalue weighted by Crippen LogP contribution is -2.47. The van der Waals surface area contributed by atoms with Gasteiger partial charge < -0.3 is 25.2 Å². The number of ether oxygens (including phenoxy) is 1. The zero-order valence-corrected chi connectivity index (χ0v) is 15.2. The molecule has 138 valence electrons. The number of aromatic nitrogens is 1. The van der Waals surface area contributed by atoms with Gasteiger partial charge in [-0.25, -0.2) is 9.78 Å². The van der Waals surface area contributed by atoms with Crippen molar-refractivity contribution < 1.29 is 9.53 Å². The number of hydrogen-bond donors (Lipinski definition) is 2. The number of pyridine rings is 1. The van der Waals surface area contributed by atoms with E-state index < -0.39 is 0 Å². The molecule has 0 spiro atoms. The number of nitrogens with one attached hydrogen (secondary N) is 2. The minimum absolute atomic E-state index is 0.0380. The van der Waals surface area contributed by atoms with Gasteiger partial charge in [0.15, 0.2) is 0 Å². The summed E-state index contributed by atoms with van der Waals surface area (Å²) in [6, 6.07) is 4.84. The molecular weight excluding hydrogens is 318 g/mol. The van der Waals surface area contributed by atoms with Crippen molar-refractivity contribution in [1.29, 1.82) is 0 Å². The van der Waals surface area contributed by atoms with Gasteiger partial charge in [-0.15, -0.1) is 0 Å². The number of amides is 2. The molecule has 3 rings (SSSR count). The highest BCUT2D eigenvalue weighted by atomic mass is 16.5. The van der Waals surface area contributed by atoms with Crippen LogP contribution in [0.4, 0.5) is 16.3 Å². The van der Waals surface area contributed by atoms with Crippen LogP contribution in [0.5, 0.6) is 0 Å². The largest absolute Gasteiger partial charge is 0.378 e. The smallest absolute Gasteiger partial charge is 0.321 e. The van der Waals surface area contributed by atoms with Crippen LogP contribution in [0.2, 0.25) is 0 Å². The molecule has 2 saturated heterocycles. The summed E-state index contributed by atoms with van der Waals surface area (Å²) in [7, 11) is 0. The number of hydrogen-bond acceptors (Lipinski definition) is 5. The number of anilines is 2. The van der Waals surface area contributed by atoms with Crippen LogP contribution in [0, 0.1) is 0 Å². The van der Waals surface area contributed by atoms with Gasteiger partial charge >= 0.3 is 6.03 Å². The number of likely N-dealkylation sites (tertiary alicyclic amines) is 1. The SMILES string of the molecule is CC(C)NC1CCN(C(=O)Nc2ccc(N3CCOCC3)nc2)CC1. The van der Waals surface area contributed by atoms with Gasteiger partial charge in [-0.1, -0.05) is 13.8 Å². The zero-order valence-electron chi connectivity index (χ0n) is 15.2. The molecule has 2 amide bonds. The number of carbonyl (C=O) groups excluding carboxylic acids is 1. The Bertz CT molecular complexity index is 549. The lowest BCUT2D eigenvalue weighted by molar-refractivity contribution is 0.122. The van der Waals surface area contributed by atoms with Crippen LogP contribution < -0.4 is 15.5 Å². The molecule has 0 atom stereocenters. The van der Waals surface area contributed by atoms with Gasteiger partial charge in [-0.3, -0.25) is 0 Å². The van der Waals surface area contributed by atoms with Crippen molar-refractivity contribution in [2.75, 3.05) is 49.6 Å². The van der Waals surface area contributed by atoms with Crippen molar-refractivity contribution in [3.63, 3.8) is 0 Å². The fourth-order valence-electron chi connectivity index (χ4n) is 3.36. The molecule has 2 aliphatic heterocycles. The van der Waals surface area contributed by atoms with E-state index in [4.69, 9.17) is 4.74 Å². The van der Waals surface area contributed by atoms with Gasteiger partial charge in [0.2, 0.25) is 0 Å². The third-order valence-corrected chi connectivity index (χ3v) is 4.69. The number of nitrogens with zero attached hydrogens (tertiary/aromatic N) is 3. The van der Waals surface area contributed by atoms with Crippen LogP contribution >= 0.6 is 0 Å². The van der Waals surface area contributed by atoms with E-state index in [0.717, 1.165) is 63.7 Å². The van der Waals surface area contributed by atoms with Gasteiger partial charge in [0.25, 0.3) is 0 Å². The Labute approximate surface area is 149 Å². The third-order valence-electron chi connectivity index (χ3n) is 4.69. The van der Waals surface area contributed by atoms with E-state index in [0.29, 0.717) is 12.1 Å². The third kappa shape index (κ3) is 5.06. The number of rotatable bonds is 4. The number of carbonyl (C=O) groups is 1. The predicted molar refractivity (Wildman–Crippen MR) is 99.2 cm³/mol. The Kier molecular flexibility index (Phi) is 6.09. The van der Waals surface area contributed by atoms with Crippen LogP contribution in [-0.2, 0) is 4.74 Å². The molecule has 7 nitrogen and oxygen atoms in total. The molecule has 0 aromatic carbocycles. The summed E-state index contributed by atoms with van der Waals surface area (Å²) in [5.41, 5.74) is 0.740. The second kappa shape index (κ2) is 8.49. The van der Waals surface area contributed by atoms with E-state index in [1.807, 2.05) is 17.0 Å². The van der Waals surface area contributed by atoms with E-state index in [1.165, 1.54) is 0 Å². The number of urea groups is 1. The molecule has 0 bridgehead atoms. The molecule has 1 aromatic rings. The monoisotopic (exact) mass is 347 g/mol. The summed E-state index contributed by atoms with van der Waals surface area (Å²) >= 11 is 0. The molecule has 0 aliphatic carbocycles. The van der Waals surface area contributed by atoms with E-state index in [9.17, 15) is 4.79 Å². The summed E-state index contributed by atoms with van der Waals surface area (Å²) in [5, 5.41) is 6.50. The van der Waals surface area contributed by atoms with Crippen molar-refractivity contribution in [3.8, 4) is 0 Å². The quantitative estimate of drug-likeness (QED) is 0.871. The molecule has 1 aromatic heterocycles. The molecule has 0 radical (unpaired) electrons. The van der Waals surface area contributed by atoms with Crippen LogP contribution in [0.15, 0.2) is 18.3 Å². The minimum Gasteiger partial charge on any atom is -0.378 e. The predicted octanol–water partition coefficient (Wildman–Crippen LogP) is 1.91. The first-order valence-corrected chi connectivity index (χ1v) is 9.22. The highest BCUT2D eigenvalue weighted by Crippen LogP contribution is 2.17. The molecule has 3 heterocycles. The molecule has 0 saturated carbocycles. The Hall–Kier alpha value is -1.86. The summed E-state index contributed by atoms with van der Waals surface area (Å²) in [6.45, 7) is 9.09. The van der Waals surface area contributed by atoms with Crippen molar-refractivity contribution in [2.24, 2.45) is 0 Å². The fourth-order valence-corrected chi connectivity index (χ4v) is 3.36. The summed E-state index contributed by atoms with van der Waals surface area (Å²) < 4.78 is 5.36. The van der Waals surface area contributed by atoms with E-state index in [1.54, 1.807) is 6.20 Å². The molecule has 7 heteroatoms. The topological polar surface area (TPSA) is 69.7 Å². The average molecular weight is 347 g/mol. The van der Waals surface area contributed by atoms with Crippen LogP contribution in [0.1, 0.15) is 26.7 Å². The maximum atomic E-state index is 12.4. The Morgan fingerprint density at radius 1 is 1.20 bits per heavy atom. The molecule has 2 fully saturated rings. The van der Waals surface area contributed by atoms with Crippen molar-refractivity contribution in [3.05, 3.63) is 18.3 Å². The Morgan fingerprint density at radius 3 is 2.52 bits per heavy atom. The maximum absolute atomic E-state index is 12.4. The van der Waals surface area contributed by atoms with Gasteiger partial charge in [0.05, 0.1) is 25.1 Å². The second-order valence-corrected chi connectivity index (χ2v) is 7.02. The summed E-state index contributed by atoms with van der Waals surface area (Å²) in [5.74, 6) is 0.932. The average Bonchev–Trinajstić information content (AvgIpc) is 2.63. The number of morpholine rings is 1. The van der Waals surface area contributed by atoms with Crippen molar-refractivity contribution in [2.45, 2.75) is 38.8 Å². The van der Waals surface area contributed by atoms with Crippen molar-refractivity contribution >= 4 is 17.5 Å². The van der Waals surface area contributed by atoms with Gasteiger partial charge in [0, 0.05) is 38.3 Å². The van der Waals surface area contributed by atoms with E-state index >= 15 is 0 Å². The highest BCUT2D eigenvalue weighted by Gasteiger charge is 2.23. The Balaban J connectivity index is 1.48. The van der Waals surface area contributed by atoms with Gasteiger partial charge in [0.1, 0.15) is 5.82 Å². The normalized spacial score (nSPS) is 19.3. The summed E-state index contributed by atoms with van der Waals surface area (Å²) in [4.78, 5) is 21.0. The molecule has 2 N–H and O–H groups in total. The Morgan fingerprint density at radius 2 is 1.92 bits per heavy atom. The van der Waals surface area contributed by atoms with Crippen molar-refractivity contribution in [1.82, 2.24) is 15.2 Å². The maximum Gasteiger partial charge on any atom is 0.321 e. The van der Waals surface area contributed by atoms with E-state index in [2.05, 4.69) is 34.4 Å². The van der Waals surface area contributed by atoms with Gasteiger partial charge in [-0.2, -0.15) is 0 Å². The fraction of sp³-hybridized carbons (Fsp3) is 0.667. The highest BCUT2D eigenvalue weighted by molar-refractivity contribution is 5.89. The minimum atomic E-state index is -0.0380. The van der Waals surface area contributed by atoms with Gasteiger partial charge in [-0.05, 0) is 25.0 Å². The summed E-state index contributed by atoms with van der Waals surface area (Å²) in [6.07, 6.45) is 3.73.